The second-order valence-corrected chi connectivity index (χ2v) is 9.95. The van der Waals surface area contributed by atoms with E-state index in [-0.39, 0.29) is 25.3 Å². The highest BCUT2D eigenvalue weighted by molar-refractivity contribution is 6.30. The molecule has 1 fully saturated rings. The van der Waals surface area contributed by atoms with E-state index in [0.717, 1.165) is 35.7 Å². The van der Waals surface area contributed by atoms with Crippen molar-refractivity contribution in [3.8, 4) is 5.75 Å². The normalized spacial score (nSPS) is 19.9. The Bertz CT molecular complexity index is 1170. The van der Waals surface area contributed by atoms with Gasteiger partial charge in [-0.3, -0.25) is 4.90 Å². The summed E-state index contributed by atoms with van der Waals surface area (Å²) in [7, 11) is 0. The van der Waals surface area contributed by atoms with E-state index in [9.17, 15) is 5.11 Å². The Hall–Kier alpha value is -3.08. The molecule has 0 unspecified atom stereocenters. The average Bonchev–Trinajstić information content (AvgIpc) is 2.88. The third kappa shape index (κ3) is 6.00. The molecule has 1 saturated heterocycles. The van der Waals surface area contributed by atoms with Crippen molar-refractivity contribution in [1.82, 2.24) is 4.90 Å². The maximum Gasteiger partial charge on any atom is 0.187 e. The van der Waals surface area contributed by atoms with Gasteiger partial charge in [0.15, 0.2) is 5.69 Å². The van der Waals surface area contributed by atoms with Gasteiger partial charge in [0.05, 0.1) is 24.8 Å². The zero-order valence-electron chi connectivity index (χ0n) is 20.6. The van der Waals surface area contributed by atoms with Crippen molar-refractivity contribution >= 4 is 23.0 Å². The number of hydrogen-bond acceptors (Lipinski definition) is 5. The number of benzene rings is 3. The zero-order valence-corrected chi connectivity index (χ0v) is 21.4. The molecule has 7 heteroatoms. The highest BCUT2D eigenvalue weighted by Crippen LogP contribution is 2.36. The van der Waals surface area contributed by atoms with Gasteiger partial charge in [-0.2, -0.15) is 0 Å². The van der Waals surface area contributed by atoms with Crippen molar-refractivity contribution in [2.75, 3.05) is 37.7 Å². The molecule has 3 atom stereocenters. The molecule has 1 aliphatic heterocycles. The molecule has 0 amide bonds. The van der Waals surface area contributed by atoms with E-state index in [1.807, 2.05) is 43.3 Å². The van der Waals surface area contributed by atoms with Crippen LogP contribution in [0.5, 0.6) is 5.75 Å². The van der Waals surface area contributed by atoms with E-state index in [2.05, 4.69) is 45.8 Å². The van der Waals surface area contributed by atoms with Gasteiger partial charge in [-0.25, -0.2) is 4.85 Å². The summed E-state index contributed by atoms with van der Waals surface area (Å²) in [6.45, 7) is 13.4. The maximum absolute atomic E-state index is 11.4. The van der Waals surface area contributed by atoms with Crippen molar-refractivity contribution in [2.45, 2.75) is 31.5 Å². The Kier molecular flexibility index (Phi) is 8.17. The first-order valence-electron chi connectivity index (χ1n) is 12.1. The predicted octanol–water partition coefficient (Wildman–Crippen LogP) is 5.42. The van der Waals surface area contributed by atoms with Gasteiger partial charge >= 0.3 is 0 Å². The summed E-state index contributed by atoms with van der Waals surface area (Å²) in [4.78, 5) is 8.17. The number of nitrogens with zero attached hydrogens (tertiary/aromatic N) is 3. The van der Waals surface area contributed by atoms with E-state index in [0.29, 0.717) is 17.3 Å². The molecule has 0 radical (unpaired) electrons. The molecular formula is C29H32ClN3O3. The summed E-state index contributed by atoms with van der Waals surface area (Å²) >= 11 is 6.19. The van der Waals surface area contributed by atoms with Gasteiger partial charge in [0.25, 0.3) is 0 Å². The fourth-order valence-corrected chi connectivity index (χ4v) is 5.12. The first-order chi connectivity index (χ1) is 17.3. The minimum atomic E-state index is -1.06. The molecule has 4 rings (SSSR count). The number of anilines is 1. The first-order valence-corrected chi connectivity index (χ1v) is 12.5. The monoisotopic (exact) mass is 505 g/mol. The van der Waals surface area contributed by atoms with Crippen LogP contribution in [0.1, 0.15) is 31.0 Å². The van der Waals surface area contributed by atoms with Crippen molar-refractivity contribution < 1.29 is 14.9 Å². The highest BCUT2D eigenvalue weighted by Gasteiger charge is 2.36. The minimum Gasteiger partial charge on any atom is -0.491 e. The topological polar surface area (TPSA) is 60.5 Å². The fourth-order valence-electron chi connectivity index (χ4n) is 4.99. The predicted molar refractivity (Wildman–Crippen MR) is 144 cm³/mol. The van der Waals surface area contributed by atoms with Crippen LogP contribution in [-0.2, 0) is 5.60 Å². The molecule has 36 heavy (non-hydrogen) atoms. The van der Waals surface area contributed by atoms with Crippen molar-refractivity contribution in [3.63, 3.8) is 0 Å². The Morgan fingerprint density at radius 2 is 1.69 bits per heavy atom. The van der Waals surface area contributed by atoms with E-state index in [1.54, 1.807) is 12.1 Å². The summed E-state index contributed by atoms with van der Waals surface area (Å²) in [5.41, 5.74) is 2.54. The van der Waals surface area contributed by atoms with Gasteiger partial charge in [-0.05, 0) is 61.4 Å². The molecule has 0 bridgehead atoms. The summed E-state index contributed by atoms with van der Waals surface area (Å²) < 4.78 is 5.54. The quantitative estimate of drug-likeness (QED) is 0.400. The maximum atomic E-state index is 11.4. The van der Waals surface area contributed by atoms with E-state index in [1.165, 1.54) is 0 Å². The lowest BCUT2D eigenvalue weighted by Gasteiger charge is -2.48. The molecule has 6 nitrogen and oxygen atoms in total. The third-order valence-electron chi connectivity index (χ3n) is 6.66. The first kappa shape index (κ1) is 26.0. The van der Waals surface area contributed by atoms with Crippen LogP contribution >= 0.6 is 11.6 Å². The average molecular weight is 506 g/mol. The summed E-state index contributed by atoms with van der Waals surface area (Å²) in [5.74, 6) is 0.724. The molecule has 1 heterocycles. The van der Waals surface area contributed by atoms with Crippen LogP contribution in [0.15, 0.2) is 72.8 Å². The van der Waals surface area contributed by atoms with Crippen molar-refractivity contribution in [3.05, 3.63) is 100 Å². The molecule has 0 saturated carbocycles. The summed E-state index contributed by atoms with van der Waals surface area (Å²) in [6, 6.07) is 23.3. The van der Waals surface area contributed by atoms with Crippen LogP contribution in [0.3, 0.4) is 0 Å². The standard InChI is InChI=1S/C29H32ClN3O3/c1-21-18-32(20-29(2,35)23-6-10-25(31-3)11-7-23)19-28(22-4-8-24(30)9-5-22)33(21)26-12-14-27(15-13-26)36-17-16-34/h4-15,21,28,34-35H,16-20H2,1-2H3/t21-,28+,29-/m1/s1. The zero-order chi connectivity index (χ0) is 25.7. The molecule has 3 aromatic rings. The van der Waals surface area contributed by atoms with Gasteiger partial charge in [-0.1, -0.05) is 48.0 Å². The van der Waals surface area contributed by atoms with Crippen molar-refractivity contribution in [2.24, 2.45) is 0 Å². The van der Waals surface area contributed by atoms with Crippen LogP contribution in [0.4, 0.5) is 11.4 Å². The molecule has 188 valence electrons. The lowest BCUT2D eigenvalue weighted by atomic mass is 9.92. The number of β-amino-alcohol motifs (C(OH)–C–C–N with tert-alkyl or cyclic N) is 1. The molecule has 3 aromatic carbocycles. The second kappa shape index (κ2) is 11.3. The highest BCUT2D eigenvalue weighted by atomic mass is 35.5. The summed E-state index contributed by atoms with van der Waals surface area (Å²) in [5, 5.41) is 21.1. The third-order valence-corrected chi connectivity index (χ3v) is 6.92. The van der Waals surface area contributed by atoms with Gasteiger partial charge in [0.2, 0.25) is 0 Å². The Morgan fingerprint density at radius 3 is 2.31 bits per heavy atom. The smallest absolute Gasteiger partial charge is 0.187 e. The molecule has 0 aliphatic carbocycles. The van der Waals surface area contributed by atoms with Crippen molar-refractivity contribution in [1.29, 1.82) is 0 Å². The molecule has 0 aromatic heterocycles. The molecule has 0 spiro atoms. The molecule has 1 aliphatic rings. The van der Waals surface area contributed by atoms with Crippen LogP contribution in [0.2, 0.25) is 5.02 Å². The number of rotatable bonds is 8. The number of aliphatic hydroxyl groups excluding tert-OH is 1. The van der Waals surface area contributed by atoms with Gasteiger partial charge in [0, 0.05) is 36.4 Å². The summed E-state index contributed by atoms with van der Waals surface area (Å²) in [6.07, 6.45) is 0. The van der Waals surface area contributed by atoms with E-state index >= 15 is 0 Å². The number of halogens is 1. The van der Waals surface area contributed by atoms with Crippen LogP contribution in [-0.4, -0.2) is 54.0 Å². The van der Waals surface area contributed by atoms with Crippen LogP contribution < -0.4 is 9.64 Å². The van der Waals surface area contributed by atoms with Gasteiger partial charge < -0.3 is 19.8 Å². The lowest BCUT2D eigenvalue weighted by molar-refractivity contribution is 0.00638. The fraction of sp³-hybridized carbons (Fsp3) is 0.345. The van der Waals surface area contributed by atoms with E-state index in [4.69, 9.17) is 28.0 Å². The SMILES string of the molecule is [C-]#[N+]c1ccc([C@](C)(O)CN2C[C@@H](C)N(c3ccc(OCCO)cc3)[C@H](c3ccc(Cl)cc3)C2)cc1. The second-order valence-electron chi connectivity index (χ2n) is 9.52. The number of hydrogen-bond donors (Lipinski definition) is 2. The number of aliphatic hydroxyl groups is 2. The Morgan fingerprint density at radius 1 is 1.03 bits per heavy atom. The number of piperazine rings is 1. The molecule has 2 N–H and O–H groups in total. The largest absolute Gasteiger partial charge is 0.491 e. The lowest BCUT2D eigenvalue weighted by Crippen LogP contribution is -2.56. The minimum absolute atomic E-state index is 0.0210. The Balaban J connectivity index is 1.59. The molecular weight excluding hydrogens is 474 g/mol. The van der Waals surface area contributed by atoms with Gasteiger partial charge in [-0.15, -0.1) is 0 Å². The van der Waals surface area contributed by atoms with E-state index < -0.39 is 5.60 Å². The van der Waals surface area contributed by atoms with Crippen LogP contribution in [0.25, 0.3) is 4.85 Å². The van der Waals surface area contributed by atoms with Gasteiger partial charge in [0.1, 0.15) is 12.4 Å². The van der Waals surface area contributed by atoms with Crippen LogP contribution in [0, 0.1) is 6.57 Å². The Labute approximate surface area is 218 Å². The number of ether oxygens (including phenoxy) is 1.